The van der Waals surface area contributed by atoms with E-state index in [1.165, 1.54) is 11.8 Å². The predicted octanol–water partition coefficient (Wildman–Crippen LogP) is 6.97. The van der Waals surface area contributed by atoms with Gasteiger partial charge >= 0.3 is 0 Å². The predicted molar refractivity (Wildman–Crippen MR) is 138 cm³/mol. The molecule has 1 amide bonds. The van der Waals surface area contributed by atoms with Crippen molar-refractivity contribution in [3.63, 3.8) is 0 Å². The highest BCUT2D eigenvalue weighted by atomic mass is 79.9. The number of halogens is 2. The summed E-state index contributed by atoms with van der Waals surface area (Å²) in [5, 5.41) is 3.98. The Hall–Kier alpha value is -2.74. The van der Waals surface area contributed by atoms with Crippen molar-refractivity contribution in [1.82, 2.24) is 5.32 Å². The van der Waals surface area contributed by atoms with Gasteiger partial charge in [0.05, 0.1) is 17.2 Å². The molecule has 0 saturated carbocycles. The number of amides is 1. The summed E-state index contributed by atoms with van der Waals surface area (Å²) in [5.41, 5.74) is 2.39. The number of nitrogens with one attached hydrogen (secondary N) is 1. The molecule has 168 valence electrons. The second-order valence-electron chi connectivity index (χ2n) is 6.97. The van der Waals surface area contributed by atoms with Crippen LogP contribution in [0, 0.1) is 0 Å². The van der Waals surface area contributed by atoms with Crippen molar-refractivity contribution >= 4 is 62.1 Å². The topological polar surface area (TPSA) is 59.9 Å². The summed E-state index contributed by atoms with van der Waals surface area (Å²) in [6.45, 7) is 2.86. The van der Waals surface area contributed by atoms with Crippen LogP contribution in [0.2, 0.25) is 5.02 Å². The number of ether oxygens (including phenoxy) is 2. The van der Waals surface area contributed by atoms with E-state index < -0.39 is 0 Å². The van der Waals surface area contributed by atoms with Crippen LogP contribution in [0.4, 0.5) is 5.69 Å². The molecule has 33 heavy (non-hydrogen) atoms. The summed E-state index contributed by atoms with van der Waals surface area (Å²) in [6, 6.07) is 20.6. The Morgan fingerprint density at radius 1 is 1.09 bits per heavy atom. The van der Waals surface area contributed by atoms with Gasteiger partial charge in [-0.2, -0.15) is 0 Å². The Kier molecular flexibility index (Phi) is 7.75. The van der Waals surface area contributed by atoms with Crippen LogP contribution >= 0.6 is 39.3 Å². The molecule has 5 nitrogen and oxygen atoms in total. The van der Waals surface area contributed by atoms with E-state index in [4.69, 9.17) is 21.1 Å². The molecular formula is C25H20BrClN2O3S. The fourth-order valence-electron chi connectivity index (χ4n) is 3.06. The number of benzene rings is 3. The lowest BCUT2D eigenvalue weighted by molar-refractivity contribution is -0.115. The summed E-state index contributed by atoms with van der Waals surface area (Å²) >= 11 is 11.0. The van der Waals surface area contributed by atoms with Crippen molar-refractivity contribution in [2.75, 3.05) is 6.61 Å². The second-order valence-corrected chi connectivity index (χ2v) is 9.32. The maximum Gasteiger partial charge on any atom is 0.264 e. The second kappa shape index (κ2) is 10.9. The number of thioether (sulfide) groups is 1. The van der Waals surface area contributed by atoms with Gasteiger partial charge in [0.2, 0.25) is 0 Å². The highest BCUT2D eigenvalue weighted by Crippen LogP contribution is 2.33. The van der Waals surface area contributed by atoms with Crippen LogP contribution in [-0.4, -0.2) is 17.7 Å². The number of nitrogens with zero attached hydrogens (tertiary/aromatic N) is 1. The SMILES string of the molecule is CCOc1ccc(N=C2NC(=O)/C(=C\c3cc(Br)ccc3OCc3ccccc3Cl)S2)cc1. The number of carbonyl (C=O) groups excluding carboxylic acids is 1. The molecule has 0 radical (unpaired) electrons. The van der Waals surface area contributed by atoms with E-state index in [-0.39, 0.29) is 5.91 Å². The van der Waals surface area contributed by atoms with E-state index >= 15 is 0 Å². The lowest BCUT2D eigenvalue weighted by atomic mass is 10.2. The molecule has 1 aliphatic rings. The van der Waals surface area contributed by atoms with Crippen molar-refractivity contribution in [2.45, 2.75) is 13.5 Å². The molecule has 1 heterocycles. The van der Waals surface area contributed by atoms with Crippen LogP contribution in [0.3, 0.4) is 0 Å². The van der Waals surface area contributed by atoms with Crippen LogP contribution in [0.25, 0.3) is 6.08 Å². The smallest absolute Gasteiger partial charge is 0.264 e. The monoisotopic (exact) mass is 542 g/mol. The fraction of sp³-hybridized carbons (Fsp3) is 0.120. The Morgan fingerprint density at radius 2 is 1.88 bits per heavy atom. The van der Waals surface area contributed by atoms with Gasteiger partial charge in [-0.05, 0) is 73.3 Å². The van der Waals surface area contributed by atoms with Gasteiger partial charge in [-0.15, -0.1) is 0 Å². The van der Waals surface area contributed by atoms with E-state index in [2.05, 4.69) is 26.2 Å². The van der Waals surface area contributed by atoms with Crippen molar-refractivity contribution in [1.29, 1.82) is 0 Å². The van der Waals surface area contributed by atoms with Crippen molar-refractivity contribution < 1.29 is 14.3 Å². The molecule has 0 unspecified atom stereocenters. The number of hydrogen-bond donors (Lipinski definition) is 1. The zero-order valence-corrected chi connectivity index (χ0v) is 20.8. The number of rotatable bonds is 7. The first-order valence-electron chi connectivity index (χ1n) is 10.2. The molecule has 3 aromatic carbocycles. The zero-order chi connectivity index (χ0) is 23.2. The van der Waals surface area contributed by atoms with Gasteiger partial charge in [0.1, 0.15) is 18.1 Å². The number of amidine groups is 1. The minimum Gasteiger partial charge on any atom is -0.494 e. The molecule has 1 N–H and O–H groups in total. The molecule has 1 saturated heterocycles. The minimum atomic E-state index is -0.207. The number of hydrogen-bond acceptors (Lipinski definition) is 5. The van der Waals surface area contributed by atoms with Crippen LogP contribution in [0.15, 0.2) is 81.1 Å². The van der Waals surface area contributed by atoms with Gasteiger partial charge in [0.25, 0.3) is 5.91 Å². The number of carbonyl (C=O) groups is 1. The zero-order valence-electron chi connectivity index (χ0n) is 17.7. The first kappa shape index (κ1) is 23.4. The molecular weight excluding hydrogens is 524 g/mol. The van der Waals surface area contributed by atoms with E-state index in [9.17, 15) is 4.79 Å². The van der Waals surface area contributed by atoms with E-state index in [1.807, 2.05) is 73.7 Å². The summed E-state index contributed by atoms with van der Waals surface area (Å²) in [4.78, 5) is 17.6. The Labute approximate surface area is 210 Å². The average Bonchev–Trinajstić information content (AvgIpc) is 3.14. The molecule has 0 bridgehead atoms. The average molecular weight is 544 g/mol. The lowest BCUT2D eigenvalue weighted by Gasteiger charge is -2.11. The van der Waals surface area contributed by atoms with Crippen LogP contribution < -0.4 is 14.8 Å². The Balaban J connectivity index is 1.53. The quantitative estimate of drug-likeness (QED) is 0.327. The Bertz CT molecular complexity index is 1230. The maximum atomic E-state index is 12.6. The van der Waals surface area contributed by atoms with Crippen molar-refractivity contribution in [3.05, 3.63) is 92.3 Å². The third kappa shape index (κ3) is 6.19. The van der Waals surface area contributed by atoms with Crippen LogP contribution in [0.1, 0.15) is 18.1 Å². The van der Waals surface area contributed by atoms with E-state index in [0.717, 1.165) is 27.0 Å². The summed E-state index contributed by atoms with van der Waals surface area (Å²) in [6.07, 6.45) is 1.80. The molecule has 3 aromatic rings. The molecule has 4 rings (SSSR count). The first-order chi connectivity index (χ1) is 16.0. The van der Waals surface area contributed by atoms with Gasteiger partial charge < -0.3 is 14.8 Å². The summed E-state index contributed by atoms with van der Waals surface area (Å²) < 4.78 is 12.4. The highest BCUT2D eigenvalue weighted by molar-refractivity contribution is 9.10. The van der Waals surface area contributed by atoms with E-state index in [1.54, 1.807) is 6.08 Å². The minimum absolute atomic E-state index is 0.207. The third-order valence-electron chi connectivity index (χ3n) is 4.63. The van der Waals surface area contributed by atoms with Gasteiger partial charge in [0.15, 0.2) is 5.17 Å². The van der Waals surface area contributed by atoms with E-state index in [0.29, 0.717) is 34.1 Å². The fourth-order valence-corrected chi connectivity index (χ4v) is 4.46. The van der Waals surface area contributed by atoms with Crippen molar-refractivity contribution in [3.8, 4) is 11.5 Å². The molecule has 1 fully saturated rings. The Morgan fingerprint density at radius 3 is 2.64 bits per heavy atom. The standard InChI is InChI=1S/C25H20BrClN2O3S/c1-2-31-20-10-8-19(9-11-20)28-25-29-24(30)23(33-25)14-17-13-18(26)7-12-22(17)32-15-16-5-3-4-6-21(16)27/h3-14H,2,15H2,1H3,(H,28,29,30)/b23-14+. The van der Waals surface area contributed by atoms with Gasteiger partial charge in [-0.25, -0.2) is 4.99 Å². The maximum absolute atomic E-state index is 12.6. The third-order valence-corrected chi connectivity index (χ3v) is 6.40. The molecule has 0 aliphatic carbocycles. The number of aliphatic imine (C=N–C) groups is 1. The molecule has 0 aromatic heterocycles. The lowest BCUT2D eigenvalue weighted by Crippen LogP contribution is -2.19. The molecule has 1 aliphatic heterocycles. The summed E-state index contributed by atoms with van der Waals surface area (Å²) in [7, 11) is 0. The van der Waals surface area contributed by atoms with Gasteiger partial charge in [-0.1, -0.05) is 45.7 Å². The normalized spacial score (nSPS) is 15.7. The van der Waals surface area contributed by atoms with Crippen molar-refractivity contribution in [2.24, 2.45) is 4.99 Å². The largest absolute Gasteiger partial charge is 0.494 e. The van der Waals surface area contributed by atoms with Gasteiger partial charge in [-0.3, -0.25) is 4.79 Å². The molecule has 0 spiro atoms. The first-order valence-corrected chi connectivity index (χ1v) is 12.2. The molecule has 8 heteroatoms. The van der Waals surface area contributed by atoms with Crippen LogP contribution in [0.5, 0.6) is 11.5 Å². The molecule has 0 atom stereocenters. The highest BCUT2D eigenvalue weighted by Gasteiger charge is 2.24. The summed E-state index contributed by atoms with van der Waals surface area (Å²) in [5.74, 6) is 1.22. The van der Waals surface area contributed by atoms with Gasteiger partial charge in [0, 0.05) is 20.6 Å². The van der Waals surface area contributed by atoms with Crippen LogP contribution in [-0.2, 0) is 11.4 Å².